The lowest BCUT2D eigenvalue weighted by atomic mass is 9.98. The molecule has 1 aromatic rings. The topological polar surface area (TPSA) is 103 Å². The molecule has 1 fully saturated rings. The average Bonchev–Trinajstić information content (AvgIpc) is 3.10. The van der Waals surface area contributed by atoms with Gasteiger partial charge in [-0.1, -0.05) is 50.6 Å². The third kappa shape index (κ3) is 6.53. The highest BCUT2D eigenvalue weighted by molar-refractivity contribution is 5.86. The summed E-state index contributed by atoms with van der Waals surface area (Å²) in [4.78, 5) is 36.1. The zero-order valence-corrected chi connectivity index (χ0v) is 16.5. The number of hydrogen-bond acceptors (Lipinski definition) is 6. The second-order valence-electron chi connectivity index (χ2n) is 6.82. The molecule has 0 aromatic heterocycles. The molecule has 154 valence electrons. The highest BCUT2D eigenvalue weighted by atomic mass is 16.7. The summed E-state index contributed by atoms with van der Waals surface area (Å²) < 4.78 is 15.6. The van der Waals surface area contributed by atoms with E-state index in [2.05, 4.69) is 10.6 Å². The van der Waals surface area contributed by atoms with E-state index in [0.29, 0.717) is 19.4 Å². The van der Waals surface area contributed by atoms with E-state index >= 15 is 0 Å². The number of carbonyl (C=O) groups excluding carboxylic acids is 3. The Balaban J connectivity index is 1.93. The molecule has 8 heteroatoms. The summed E-state index contributed by atoms with van der Waals surface area (Å²) in [7, 11) is 0. The Labute approximate surface area is 164 Å². The number of esters is 1. The van der Waals surface area contributed by atoms with Crippen LogP contribution in [0.5, 0.6) is 0 Å². The number of ether oxygens (including phenoxy) is 3. The number of nitrogens with one attached hydrogen (secondary N) is 2. The van der Waals surface area contributed by atoms with Crippen LogP contribution in [0.4, 0.5) is 4.79 Å². The zero-order valence-electron chi connectivity index (χ0n) is 16.5. The Bertz CT molecular complexity index is 666. The Morgan fingerprint density at radius 2 is 1.96 bits per heavy atom. The first-order valence-corrected chi connectivity index (χ1v) is 9.47. The van der Waals surface area contributed by atoms with Crippen molar-refractivity contribution in [2.75, 3.05) is 6.61 Å². The molecule has 0 saturated carbocycles. The van der Waals surface area contributed by atoms with Crippen molar-refractivity contribution in [2.45, 2.75) is 58.6 Å². The van der Waals surface area contributed by atoms with E-state index in [1.165, 1.54) is 6.92 Å². The van der Waals surface area contributed by atoms with Gasteiger partial charge in [0.25, 0.3) is 0 Å². The van der Waals surface area contributed by atoms with Crippen LogP contribution in [0, 0.1) is 5.92 Å². The third-order valence-corrected chi connectivity index (χ3v) is 4.63. The molecule has 2 amide bonds. The summed E-state index contributed by atoms with van der Waals surface area (Å²) >= 11 is 0. The maximum atomic E-state index is 12.8. The van der Waals surface area contributed by atoms with Gasteiger partial charge in [0.1, 0.15) is 12.6 Å². The van der Waals surface area contributed by atoms with E-state index in [1.807, 2.05) is 44.2 Å². The van der Waals surface area contributed by atoms with Crippen LogP contribution in [0.3, 0.4) is 0 Å². The molecule has 28 heavy (non-hydrogen) atoms. The minimum atomic E-state index is -0.816. The van der Waals surface area contributed by atoms with Gasteiger partial charge < -0.3 is 24.8 Å². The van der Waals surface area contributed by atoms with E-state index in [0.717, 1.165) is 5.56 Å². The van der Waals surface area contributed by atoms with Gasteiger partial charge in [-0.3, -0.25) is 9.59 Å². The fraction of sp³-hybridized carbons (Fsp3) is 0.550. The smallest absolute Gasteiger partial charge is 0.408 e. The molecule has 1 aliphatic rings. The second-order valence-corrected chi connectivity index (χ2v) is 6.82. The van der Waals surface area contributed by atoms with E-state index in [9.17, 15) is 14.4 Å². The molecule has 1 aromatic carbocycles. The Morgan fingerprint density at radius 3 is 2.61 bits per heavy atom. The number of hydrogen-bond donors (Lipinski definition) is 2. The van der Waals surface area contributed by atoms with Crippen LogP contribution in [-0.2, 0) is 30.4 Å². The van der Waals surface area contributed by atoms with Crippen molar-refractivity contribution in [3.8, 4) is 0 Å². The number of benzene rings is 1. The highest BCUT2D eigenvalue weighted by Crippen LogP contribution is 2.17. The largest absolute Gasteiger partial charge is 0.445 e. The summed E-state index contributed by atoms with van der Waals surface area (Å²) in [6, 6.07) is 8.06. The standard InChI is InChI=1S/C20H28N2O6/c1-4-13(2)17(22-20(25)27-12-15-8-6-5-7-9-15)18(24)21-16-10-11-26-19(16)28-14(3)23/h5-9,13,16-17,19H,4,10-12H2,1-3H3,(H,21,24)(H,22,25)/t13-,16-,17-,19?/m0/s1. The monoisotopic (exact) mass is 392 g/mol. The van der Waals surface area contributed by atoms with Crippen LogP contribution in [0.15, 0.2) is 30.3 Å². The van der Waals surface area contributed by atoms with Gasteiger partial charge in [0, 0.05) is 6.92 Å². The Kier molecular flexibility index (Phi) is 8.25. The number of carbonyl (C=O) groups is 3. The molecule has 1 aliphatic heterocycles. The quantitative estimate of drug-likeness (QED) is 0.657. The summed E-state index contributed by atoms with van der Waals surface area (Å²) in [5.74, 6) is -0.954. The van der Waals surface area contributed by atoms with Crippen molar-refractivity contribution in [3.63, 3.8) is 0 Å². The van der Waals surface area contributed by atoms with Gasteiger partial charge in [0.2, 0.25) is 12.2 Å². The number of rotatable bonds is 8. The summed E-state index contributed by atoms with van der Waals surface area (Å²) in [5, 5.41) is 5.46. The first-order chi connectivity index (χ1) is 13.4. The lowest BCUT2D eigenvalue weighted by molar-refractivity contribution is -0.171. The summed E-state index contributed by atoms with van der Waals surface area (Å²) in [6.45, 7) is 5.58. The van der Waals surface area contributed by atoms with Crippen LogP contribution in [0.25, 0.3) is 0 Å². The summed E-state index contributed by atoms with van der Waals surface area (Å²) in [6.07, 6.45) is -0.270. The molecule has 2 N–H and O–H groups in total. The van der Waals surface area contributed by atoms with Gasteiger partial charge in [0.05, 0.1) is 12.6 Å². The van der Waals surface area contributed by atoms with Crippen LogP contribution in [-0.4, -0.2) is 43.0 Å². The lowest BCUT2D eigenvalue weighted by Gasteiger charge is -2.26. The minimum absolute atomic E-state index is 0.112. The zero-order chi connectivity index (χ0) is 20.5. The van der Waals surface area contributed by atoms with Crippen molar-refractivity contribution in [1.29, 1.82) is 0 Å². The molecule has 4 atom stereocenters. The number of amides is 2. The number of alkyl carbamates (subject to hydrolysis) is 1. The molecule has 0 bridgehead atoms. The molecule has 0 radical (unpaired) electrons. The van der Waals surface area contributed by atoms with Gasteiger partial charge in [0.15, 0.2) is 0 Å². The van der Waals surface area contributed by atoms with E-state index < -0.39 is 30.4 Å². The average molecular weight is 392 g/mol. The van der Waals surface area contributed by atoms with Gasteiger partial charge in [-0.15, -0.1) is 0 Å². The van der Waals surface area contributed by atoms with Gasteiger partial charge >= 0.3 is 12.1 Å². The molecule has 2 rings (SSSR count). The van der Waals surface area contributed by atoms with Crippen LogP contribution >= 0.6 is 0 Å². The van der Waals surface area contributed by atoms with Crippen molar-refractivity contribution in [3.05, 3.63) is 35.9 Å². The Hall–Kier alpha value is -2.61. The van der Waals surface area contributed by atoms with Crippen molar-refractivity contribution < 1.29 is 28.6 Å². The minimum Gasteiger partial charge on any atom is -0.445 e. The lowest BCUT2D eigenvalue weighted by Crippen LogP contribution is -2.54. The molecule has 1 saturated heterocycles. The molecular weight excluding hydrogens is 364 g/mol. The van der Waals surface area contributed by atoms with Crippen LogP contribution in [0.2, 0.25) is 0 Å². The van der Waals surface area contributed by atoms with Gasteiger partial charge in [-0.2, -0.15) is 0 Å². The maximum absolute atomic E-state index is 12.8. The first kappa shape index (κ1) is 21.7. The van der Waals surface area contributed by atoms with E-state index in [1.54, 1.807) is 0 Å². The predicted molar refractivity (Wildman–Crippen MR) is 101 cm³/mol. The normalized spacial score (nSPS) is 20.7. The van der Waals surface area contributed by atoms with Crippen molar-refractivity contribution in [1.82, 2.24) is 10.6 Å². The van der Waals surface area contributed by atoms with E-state index in [4.69, 9.17) is 14.2 Å². The highest BCUT2D eigenvalue weighted by Gasteiger charge is 2.35. The molecular formula is C20H28N2O6. The van der Waals surface area contributed by atoms with Gasteiger partial charge in [-0.05, 0) is 17.9 Å². The van der Waals surface area contributed by atoms with Gasteiger partial charge in [-0.25, -0.2) is 4.79 Å². The second kappa shape index (κ2) is 10.7. The van der Waals surface area contributed by atoms with Crippen molar-refractivity contribution >= 4 is 18.0 Å². The van der Waals surface area contributed by atoms with E-state index in [-0.39, 0.29) is 18.4 Å². The SMILES string of the molecule is CC[C@H](C)[C@H](NC(=O)OCc1ccccc1)C(=O)N[C@H]1CCOC1OC(C)=O. The van der Waals surface area contributed by atoms with Crippen molar-refractivity contribution in [2.24, 2.45) is 5.92 Å². The predicted octanol–water partition coefficient (Wildman–Crippen LogP) is 2.12. The van der Waals surface area contributed by atoms with Crippen LogP contribution < -0.4 is 10.6 Å². The summed E-state index contributed by atoms with van der Waals surface area (Å²) in [5.41, 5.74) is 0.856. The molecule has 0 spiro atoms. The van der Waals surface area contributed by atoms with Crippen LogP contribution in [0.1, 0.15) is 39.2 Å². The molecule has 1 unspecified atom stereocenters. The third-order valence-electron chi connectivity index (χ3n) is 4.63. The maximum Gasteiger partial charge on any atom is 0.408 e. The fourth-order valence-corrected chi connectivity index (χ4v) is 2.85. The fourth-order valence-electron chi connectivity index (χ4n) is 2.85. The molecule has 1 heterocycles. The Morgan fingerprint density at radius 1 is 1.25 bits per heavy atom. The molecule has 0 aliphatic carbocycles. The molecule has 8 nitrogen and oxygen atoms in total. The first-order valence-electron chi connectivity index (χ1n) is 9.47.